The van der Waals surface area contributed by atoms with Crippen LogP contribution in [-0.2, 0) is 13.2 Å². The zero-order valence-electron chi connectivity index (χ0n) is 18.9. The Hall–Kier alpha value is -1.33. The number of unbranched alkanes of at least 4 members (excludes halogenated alkanes) is 2. The van der Waals surface area contributed by atoms with Crippen molar-refractivity contribution in [3.05, 3.63) is 65.5 Å². The molecule has 31 heavy (non-hydrogen) atoms. The molecule has 0 saturated heterocycles. The van der Waals surface area contributed by atoms with Crippen LogP contribution in [0.3, 0.4) is 0 Å². The van der Waals surface area contributed by atoms with E-state index in [2.05, 4.69) is 36.2 Å². The summed E-state index contributed by atoms with van der Waals surface area (Å²) in [6.45, 7) is 10.5. The second kappa shape index (κ2) is 18.3. The van der Waals surface area contributed by atoms with Gasteiger partial charge in [-0.3, -0.25) is 0 Å². The summed E-state index contributed by atoms with van der Waals surface area (Å²) in [5.74, 6) is 0.625. The molecule has 0 unspecified atom stereocenters. The van der Waals surface area contributed by atoms with Gasteiger partial charge in [-0.15, -0.1) is 24.8 Å². The second-order valence-electron chi connectivity index (χ2n) is 7.64. The monoisotopic (exact) mass is 472 g/mol. The van der Waals surface area contributed by atoms with E-state index >= 15 is 0 Å². The van der Waals surface area contributed by atoms with Gasteiger partial charge in [0.2, 0.25) is 0 Å². The van der Waals surface area contributed by atoms with E-state index in [1.54, 1.807) is 12.1 Å². The minimum atomic E-state index is -0.222. The molecule has 2 aromatic carbocycles. The van der Waals surface area contributed by atoms with Crippen molar-refractivity contribution < 1.29 is 9.13 Å². The molecule has 0 radical (unpaired) electrons. The Kier molecular flexibility index (Phi) is 17.5. The normalized spacial score (nSPS) is 10.5. The van der Waals surface area contributed by atoms with Crippen molar-refractivity contribution >= 4 is 24.8 Å². The Bertz CT molecular complexity index is 677. The highest BCUT2D eigenvalue weighted by Gasteiger charge is 2.04. The van der Waals surface area contributed by atoms with E-state index in [1.165, 1.54) is 69.4 Å². The van der Waals surface area contributed by atoms with Crippen molar-refractivity contribution in [1.82, 2.24) is 10.2 Å². The van der Waals surface area contributed by atoms with E-state index in [0.717, 1.165) is 24.4 Å². The maximum Gasteiger partial charge on any atom is 0.123 e. The standard InChI is InChI=1S/C25H37FN2O.2ClH/c1-3-5-16-28(17-6-4-2)18-8-15-27-20-23-9-7-10-25(19-23)29-21-22-11-13-24(26)14-12-22;;/h7,9-14,19,27H,3-6,8,15-18,20-21H2,1-2H3;2*1H. The molecule has 1 N–H and O–H groups in total. The zero-order valence-corrected chi connectivity index (χ0v) is 20.6. The fourth-order valence-electron chi connectivity index (χ4n) is 3.25. The van der Waals surface area contributed by atoms with Crippen LogP contribution in [0.2, 0.25) is 0 Å². The first-order valence-electron chi connectivity index (χ1n) is 11.1. The van der Waals surface area contributed by atoms with Crippen LogP contribution in [0.1, 0.15) is 57.1 Å². The molecule has 0 aromatic heterocycles. The fraction of sp³-hybridized carbons (Fsp3) is 0.520. The maximum atomic E-state index is 13.0. The maximum absolute atomic E-state index is 13.0. The number of benzene rings is 2. The summed E-state index contributed by atoms with van der Waals surface area (Å²) in [6, 6.07) is 14.6. The van der Waals surface area contributed by atoms with Gasteiger partial charge in [0, 0.05) is 6.54 Å². The topological polar surface area (TPSA) is 24.5 Å². The number of ether oxygens (including phenoxy) is 1. The Balaban J connectivity index is 0.00000450. The minimum Gasteiger partial charge on any atom is -0.489 e. The third-order valence-electron chi connectivity index (χ3n) is 5.03. The Labute approximate surface area is 200 Å². The second-order valence-corrected chi connectivity index (χ2v) is 7.64. The molecule has 0 aliphatic rings. The smallest absolute Gasteiger partial charge is 0.123 e. The highest BCUT2D eigenvalue weighted by molar-refractivity contribution is 5.85. The molecule has 3 nitrogen and oxygen atoms in total. The van der Waals surface area contributed by atoms with E-state index < -0.39 is 0 Å². The van der Waals surface area contributed by atoms with E-state index in [-0.39, 0.29) is 30.6 Å². The Morgan fingerprint density at radius 3 is 2.13 bits per heavy atom. The molecule has 2 aromatic rings. The van der Waals surface area contributed by atoms with Gasteiger partial charge in [-0.25, -0.2) is 4.39 Å². The summed E-state index contributed by atoms with van der Waals surface area (Å²) in [4.78, 5) is 2.61. The molecule has 0 saturated carbocycles. The van der Waals surface area contributed by atoms with Gasteiger partial charge in [-0.2, -0.15) is 0 Å². The van der Waals surface area contributed by atoms with Gasteiger partial charge < -0.3 is 15.0 Å². The van der Waals surface area contributed by atoms with Gasteiger partial charge >= 0.3 is 0 Å². The van der Waals surface area contributed by atoms with Crippen LogP contribution in [0.4, 0.5) is 4.39 Å². The number of nitrogens with one attached hydrogen (secondary N) is 1. The summed E-state index contributed by atoms with van der Waals surface area (Å²) in [7, 11) is 0. The first-order chi connectivity index (χ1) is 14.2. The number of hydrogen-bond acceptors (Lipinski definition) is 3. The van der Waals surface area contributed by atoms with Gasteiger partial charge in [0.1, 0.15) is 18.2 Å². The number of halogens is 3. The SMILES string of the molecule is CCCCN(CCCC)CCCNCc1cccc(OCc2ccc(F)cc2)c1.Cl.Cl. The van der Waals surface area contributed by atoms with Crippen LogP contribution >= 0.6 is 24.8 Å². The summed E-state index contributed by atoms with van der Waals surface area (Å²) in [6.07, 6.45) is 6.29. The lowest BCUT2D eigenvalue weighted by Crippen LogP contribution is -2.29. The molecule has 0 amide bonds. The minimum absolute atomic E-state index is 0. The Morgan fingerprint density at radius 1 is 0.839 bits per heavy atom. The molecular weight excluding hydrogens is 434 g/mol. The summed E-state index contributed by atoms with van der Waals surface area (Å²) in [5, 5.41) is 3.55. The van der Waals surface area contributed by atoms with Crippen molar-refractivity contribution in [2.75, 3.05) is 26.2 Å². The van der Waals surface area contributed by atoms with Crippen LogP contribution in [0, 0.1) is 5.82 Å². The third-order valence-corrected chi connectivity index (χ3v) is 5.03. The largest absolute Gasteiger partial charge is 0.489 e. The first kappa shape index (κ1) is 29.7. The summed E-state index contributed by atoms with van der Waals surface area (Å²) in [5.41, 5.74) is 2.18. The van der Waals surface area contributed by atoms with Crippen LogP contribution in [-0.4, -0.2) is 31.1 Å². The molecular formula is C25H39Cl2FN2O. The van der Waals surface area contributed by atoms with Gasteiger partial charge in [0.15, 0.2) is 0 Å². The molecule has 0 bridgehead atoms. The average molecular weight is 474 g/mol. The fourth-order valence-corrected chi connectivity index (χ4v) is 3.25. The van der Waals surface area contributed by atoms with Gasteiger partial charge in [-0.05, 0) is 80.8 Å². The van der Waals surface area contributed by atoms with E-state index in [4.69, 9.17) is 4.74 Å². The molecule has 0 atom stereocenters. The molecule has 0 fully saturated rings. The van der Waals surface area contributed by atoms with E-state index in [1.807, 2.05) is 12.1 Å². The highest BCUT2D eigenvalue weighted by Crippen LogP contribution is 2.15. The van der Waals surface area contributed by atoms with Crippen molar-refractivity contribution in [2.45, 2.75) is 59.1 Å². The van der Waals surface area contributed by atoms with Crippen LogP contribution in [0.15, 0.2) is 48.5 Å². The summed E-state index contributed by atoms with van der Waals surface area (Å²) >= 11 is 0. The number of rotatable bonds is 15. The lowest BCUT2D eigenvalue weighted by Gasteiger charge is -2.22. The van der Waals surface area contributed by atoms with E-state index in [0.29, 0.717) is 6.61 Å². The first-order valence-corrected chi connectivity index (χ1v) is 11.1. The van der Waals surface area contributed by atoms with Gasteiger partial charge in [0.25, 0.3) is 0 Å². The highest BCUT2D eigenvalue weighted by atomic mass is 35.5. The molecule has 0 spiro atoms. The van der Waals surface area contributed by atoms with Crippen molar-refractivity contribution in [1.29, 1.82) is 0 Å². The molecule has 0 aliphatic heterocycles. The molecule has 2 rings (SSSR count). The zero-order chi connectivity index (χ0) is 20.7. The predicted molar refractivity (Wildman–Crippen MR) is 134 cm³/mol. The Morgan fingerprint density at radius 2 is 1.48 bits per heavy atom. The number of hydrogen-bond donors (Lipinski definition) is 1. The van der Waals surface area contributed by atoms with Crippen molar-refractivity contribution in [3.8, 4) is 5.75 Å². The predicted octanol–water partition coefficient (Wildman–Crippen LogP) is 6.63. The molecule has 0 aliphatic carbocycles. The molecule has 0 heterocycles. The summed E-state index contributed by atoms with van der Waals surface area (Å²) < 4.78 is 18.8. The lowest BCUT2D eigenvalue weighted by molar-refractivity contribution is 0.261. The number of nitrogens with zero attached hydrogens (tertiary/aromatic N) is 1. The van der Waals surface area contributed by atoms with Gasteiger partial charge in [-0.1, -0.05) is 51.0 Å². The van der Waals surface area contributed by atoms with Crippen LogP contribution in [0.5, 0.6) is 5.75 Å². The lowest BCUT2D eigenvalue weighted by atomic mass is 10.2. The average Bonchev–Trinajstić information content (AvgIpc) is 2.75. The quantitative estimate of drug-likeness (QED) is 0.294. The third kappa shape index (κ3) is 13.0. The van der Waals surface area contributed by atoms with Crippen molar-refractivity contribution in [3.63, 3.8) is 0 Å². The van der Waals surface area contributed by atoms with Crippen LogP contribution in [0.25, 0.3) is 0 Å². The molecule has 176 valence electrons. The van der Waals surface area contributed by atoms with Gasteiger partial charge in [0.05, 0.1) is 0 Å². The molecule has 6 heteroatoms. The van der Waals surface area contributed by atoms with E-state index in [9.17, 15) is 4.39 Å². The van der Waals surface area contributed by atoms with Crippen LogP contribution < -0.4 is 10.1 Å². The van der Waals surface area contributed by atoms with Crippen molar-refractivity contribution in [2.24, 2.45) is 0 Å².